The van der Waals surface area contributed by atoms with Gasteiger partial charge in [0.05, 0.1) is 0 Å². The number of rotatable bonds is 6. The van der Waals surface area contributed by atoms with E-state index in [1.807, 2.05) is 0 Å². The molecule has 0 unspecified atom stereocenters. The zero-order chi connectivity index (χ0) is 10.2. The molecule has 0 atom stereocenters. The van der Waals surface area contributed by atoms with Gasteiger partial charge in [-0.2, -0.15) is 0 Å². The summed E-state index contributed by atoms with van der Waals surface area (Å²) in [6, 6.07) is 13.1. The lowest BCUT2D eigenvalue weighted by atomic mass is 10.2. The minimum atomic E-state index is -0.833. The highest BCUT2D eigenvalue weighted by atomic mass is 28.3. The molecule has 0 heterocycles. The van der Waals surface area contributed by atoms with Crippen molar-refractivity contribution in [3.63, 3.8) is 0 Å². The molecule has 0 amide bonds. The fraction of sp³-hybridized carbons (Fsp3) is 0.500. The zero-order valence-electron chi connectivity index (χ0n) is 9.20. The summed E-state index contributed by atoms with van der Waals surface area (Å²) in [5.74, 6) is 0. The molecular weight excluding hydrogens is 188 g/mol. The van der Waals surface area contributed by atoms with E-state index < -0.39 is 9.04 Å². The van der Waals surface area contributed by atoms with E-state index in [1.165, 1.54) is 17.7 Å². The van der Waals surface area contributed by atoms with Gasteiger partial charge in [-0.1, -0.05) is 44.2 Å². The van der Waals surface area contributed by atoms with E-state index in [2.05, 4.69) is 44.2 Å². The predicted molar refractivity (Wildman–Crippen MR) is 64.2 cm³/mol. The van der Waals surface area contributed by atoms with Gasteiger partial charge in [0.1, 0.15) is 0 Å². The molecule has 78 valence electrons. The van der Waals surface area contributed by atoms with Crippen molar-refractivity contribution in [1.29, 1.82) is 0 Å². The third-order valence-corrected chi connectivity index (χ3v) is 5.03. The summed E-state index contributed by atoms with van der Waals surface area (Å²) in [7, 11) is -0.833. The van der Waals surface area contributed by atoms with Crippen LogP contribution < -0.4 is 0 Å². The van der Waals surface area contributed by atoms with Crippen LogP contribution in [0.1, 0.15) is 19.4 Å². The van der Waals surface area contributed by atoms with Crippen LogP contribution in [0.3, 0.4) is 0 Å². The standard InChI is InChI=1S/C12H20OSi/c1-3-14(4-2)13-11-10-12-8-6-5-7-9-12/h5-9,14H,3-4,10-11H2,1-2H3. The van der Waals surface area contributed by atoms with Crippen molar-refractivity contribution in [1.82, 2.24) is 0 Å². The first-order valence-corrected chi connectivity index (χ1v) is 7.62. The highest BCUT2D eigenvalue weighted by molar-refractivity contribution is 6.51. The Hall–Kier alpha value is -0.603. The van der Waals surface area contributed by atoms with Crippen LogP contribution >= 0.6 is 0 Å². The van der Waals surface area contributed by atoms with Gasteiger partial charge in [-0.05, 0) is 24.1 Å². The molecule has 1 nitrogen and oxygen atoms in total. The normalized spacial score (nSPS) is 10.8. The highest BCUT2D eigenvalue weighted by Gasteiger charge is 2.04. The molecule has 0 fully saturated rings. The van der Waals surface area contributed by atoms with Gasteiger partial charge in [0, 0.05) is 6.61 Å². The molecule has 1 rings (SSSR count). The first kappa shape index (κ1) is 11.5. The number of hydrogen-bond donors (Lipinski definition) is 0. The second-order valence-corrected chi connectivity index (χ2v) is 6.76. The third-order valence-electron chi connectivity index (χ3n) is 2.50. The molecule has 1 aromatic carbocycles. The minimum absolute atomic E-state index is 0.833. The molecule has 14 heavy (non-hydrogen) atoms. The minimum Gasteiger partial charge on any atom is -0.420 e. The largest absolute Gasteiger partial charge is 0.420 e. The predicted octanol–water partition coefficient (Wildman–Crippen LogP) is 3.01. The van der Waals surface area contributed by atoms with Crippen LogP contribution in [0, 0.1) is 0 Å². The Bertz CT molecular complexity index is 231. The Morgan fingerprint density at radius 3 is 2.29 bits per heavy atom. The van der Waals surface area contributed by atoms with Gasteiger partial charge in [0.15, 0.2) is 9.04 Å². The lowest BCUT2D eigenvalue weighted by Gasteiger charge is -2.11. The van der Waals surface area contributed by atoms with Gasteiger partial charge < -0.3 is 4.43 Å². The van der Waals surface area contributed by atoms with Crippen LogP contribution in [0.15, 0.2) is 30.3 Å². The van der Waals surface area contributed by atoms with Gasteiger partial charge >= 0.3 is 0 Å². The second-order valence-electron chi connectivity index (χ2n) is 3.54. The van der Waals surface area contributed by atoms with Crippen molar-refractivity contribution < 1.29 is 4.43 Å². The van der Waals surface area contributed by atoms with Crippen LogP contribution in [0.2, 0.25) is 12.1 Å². The van der Waals surface area contributed by atoms with Crippen molar-refractivity contribution in [2.24, 2.45) is 0 Å². The maximum Gasteiger partial charge on any atom is 0.176 e. The van der Waals surface area contributed by atoms with Crippen molar-refractivity contribution in [3.05, 3.63) is 35.9 Å². The third kappa shape index (κ3) is 4.07. The monoisotopic (exact) mass is 208 g/mol. The van der Waals surface area contributed by atoms with Gasteiger partial charge in [-0.25, -0.2) is 0 Å². The molecule has 0 saturated carbocycles. The zero-order valence-corrected chi connectivity index (χ0v) is 10.4. The SMILES string of the molecule is CC[SiH](CC)OCCc1ccccc1. The average molecular weight is 208 g/mol. The fourth-order valence-electron chi connectivity index (χ4n) is 1.51. The van der Waals surface area contributed by atoms with E-state index >= 15 is 0 Å². The molecule has 0 bridgehead atoms. The summed E-state index contributed by atoms with van der Waals surface area (Å²) in [4.78, 5) is 0. The van der Waals surface area contributed by atoms with E-state index in [-0.39, 0.29) is 0 Å². The molecule has 0 aromatic heterocycles. The van der Waals surface area contributed by atoms with E-state index in [1.54, 1.807) is 0 Å². The summed E-state index contributed by atoms with van der Waals surface area (Å²) in [5.41, 5.74) is 1.38. The Kier molecular flexibility index (Phi) is 5.57. The highest BCUT2D eigenvalue weighted by Crippen LogP contribution is 2.03. The average Bonchev–Trinajstić information content (AvgIpc) is 2.26. The smallest absolute Gasteiger partial charge is 0.176 e. The molecule has 0 spiro atoms. The van der Waals surface area contributed by atoms with Crippen molar-refractivity contribution >= 4 is 9.04 Å². The molecule has 0 aliphatic carbocycles. The maximum absolute atomic E-state index is 5.88. The van der Waals surface area contributed by atoms with Crippen LogP contribution in [0.5, 0.6) is 0 Å². The molecule has 2 heteroatoms. The number of benzene rings is 1. The van der Waals surface area contributed by atoms with Crippen LogP contribution in [-0.2, 0) is 10.8 Å². The maximum atomic E-state index is 5.88. The first-order valence-electron chi connectivity index (χ1n) is 5.52. The Balaban J connectivity index is 2.21. The van der Waals surface area contributed by atoms with Crippen LogP contribution in [-0.4, -0.2) is 15.6 Å². The quantitative estimate of drug-likeness (QED) is 0.653. The lowest BCUT2D eigenvalue weighted by molar-refractivity contribution is 0.324. The Morgan fingerprint density at radius 2 is 1.71 bits per heavy atom. The van der Waals surface area contributed by atoms with Gasteiger partial charge in [-0.3, -0.25) is 0 Å². The summed E-state index contributed by atoms with van der Waals surface area (Å²) >= 11 is 0. The van der Waals surface area contributed by atoms with E-state index in [0.717, 1.165) is 13.0 Å². The Labute approximate surface area is 88.8 Å². The molecule has 0 aliphatic rings. The lowest BCUT2D eigenvalue weighted by Crippen LogP contribution is -2.16. The summed E-state index contributed by atoms with van der Waals surface area (Å²) < 4.78 is 5.88. The van der Waals surface area contributed by atoms with Gasteiger partial charge in [-0.15, -0.1) is 0 Å². The molecule has 0 aliphatic heterocycles. The molecule has 0 saturated heterocycles. The summed E-state index contributed by atoms with van der Waals surface area (Å²) in [6.07, 6.45) is 1.06. The molecular formula is C12H20OSi. The summed E-state index contributed by atoms with van der Waals surface area (Å²) in [6.45, 7) is 5.38. The summed E-state index contributed by atoms with van der Waals surface area (Å²) in [5, 5.41) is 0. The second kappa shape index (κ2) is 6.79. The van der Waals surface area contributed by atoms with Crippen molar-refractivity contribution in [3.8, 4) is 0 Å². The van der Waals surface area contributed by atoms with E-state index in [4.69, 9.17) is 4.43 Å². The van der Waals surface area contributed by atoms with Crippen LogP contribution in [0.25, 0.3) is 0 Å². The number of hydrogen-bond acceptors (Lipinski definition) is 1. The van der Waals surface area contributed by atoms with E-state index in [9.17, 15) is 0 Å². The van der Waals surface area contributed by atoms with Gasteiger partial charge in [0.25, 0.3) is 0 Å². The van der Waals surface area contributed by atoms with Crippen molar-refractivity contribution in [2.75, 3.05) is 6.61 Å². The molecule has 0 N–H and O–H groups in total. The Morgan fingerprint density at radius 1 is 1.07 bits per heavy atom. The first-order chi connectivity index (χ1) is 6.86. The topological polar surface area (TPSA) is 9.23 Å². The molecule has 0 radical (unpaired) electrons. The van der Waals surface area contributed by atoms with Crippen LogP contribution in [0.4, 0.5) is 0 Å². The van der Waals surface area contributed by atoms with Crippen molar-refractivity contribution in [2.45, 2.75) is 32.4 Å². The fourth-order valence-corrected chi connectivity index (χ4v) is 3.01. The van der Waals surface area contributed by atoms with Gasteiger partial charge in [0.2, 0.25) is 0 Å². The van der Waals surface area contributed by atoms with E-state index in [0.29, 0.717) is 0 Å². The molecule has 1 aromatic rings.